The van der Waals surface area contributed by atoms with Crippen molar-refractivity contribution in [1.29, 1.82) is 0 Å². The van der Waals surface area contributed by atoms with Crippen molar-refractivity contribution in [2.45, 2.75) is 38.1 Å². The van der Waals surface area contributed by atoms with Crippen LogP contribution in [0.5, 0.6) is 0 Å². The molecule has 0 radical (unpaired) electrons. The largest absolute Gasteiger partial charge is 0.327 e. The molecular weight excluding hydrogens is 365 g/mol. The first-order chi connectivity index (χ1) is 14.2. The van der Waals surface area contributed by atoms with Crippen molar-refractivity contribution in [3.8, 4) is 0 Å². The Hall–Kier alpha value is -2.53. The Morgan fingerprint density at radius 2 is 1.83 bits per heavy atom. The van der Waals surface area contributed by atoms with Crippen molar-refractivity contribution in [2.24, 2.45) is 11.0 Å². The minimum atomic E-state index is -0.252. The summed E-state index contributed by atoms with van der Waals surface area (Å²) in [5.41, 5.74) is 4.45. The topological polar surface area (TPSA) is 37.1 Å². The second-order valence-corrected chi connectivity index (χ2v) is 8.51. The van der Waals surface area contributed by atoms with Gasteiger partial charge in [-0.1, -0.05) is 36.4 Å². The van der Waals surface area contributed by atoms with Gasteiger partial charge in [0.15, 0.2) is 6.54 Å². The lowest BCUT2D eigenvalue weighted by Crippen LogP contribution is -3.13. The summed E-state index contributed by atoms with van der Waals surface area (Å²) >= 11 is 0. The molecule has 5 rings (SSSR count). The summed E-state index contributed by atoms with van der Waals surface area (Å²) in [7, 11) is 0. The smallest absolute Gasteiger partial charge is 0.298 e. The Morgan fingerprint density at radius 3 is 2.62 bits per heavy atom. The maximum Gasteiger partial charge on any atom is 0.298 e. The number of hydrogen-bond acceptors (Lipinski definition) is 2. The number of nitrogens with one attached hydrogen (secondary N) is 1. The quantitative estimate of drug-likeness (QED) is 0.857. The van der Waals surface area contributed by atoms with E-state index in [1.54, 1.807) is 5.01 Å². The minimum absolute atomic E-state index is 0.0793. The summed E-state index contributed by atoms with van der Waals surface area (Å²) in [5, 5.41) is 6.61. The number of carbonyl (C=O) groups excluding carboxylic acids is 1. The normalized spacial score (nSPS) is 24.0. The van der Waals surface area contributed by atoms with E-state index in [1.165, 1.54) is 41.9 Å². The maximum absolute atomic E-state index is 13.6. The first-order valence-electron chi connectivity index (χ1n) is 10.8. The Balaban J connectivity index is 1.50. The van der Waals surface area contributed by atoms with Crippen LogP contribution in [0, 0.1) is 11.7 Å². The molecule has 5 heteroatoms. The monoisotopic (exact) mass is 392 g/mol. The number of likely N-dealkylation sites (tertiary alicyclic amines) is 1. The number of fused-ring (bicyclic) bond motifs is 3. The van der Waals surface area contributed by atoms with Crippen LogP contribution < -0.4 is 4.90 Å². The van der Waals surface area contributed by atoms with Crippen LogP contribution in [0.2, 0.25) is 0 Å². The highest BCUT2D eigenvalue weighted by molar-refractivity contribution is 6.06. The van der Waals surface area contributed by atoms with E-state index in [1.807, 2.05) is 18.2 Å². The molecule has 1 N–H and O–H groups in total. The first kappa shape index (κ1) is 18.5. The SMILES string of the molecule is O=C(C[NH+]1CCCCC1)N1N=C2c3ccccc3CC[C@H]2[C@@H]1c1ccc(F)cc1. The number of piperidine rings is 1. The van der Waals surface area contributed by atoms with E-state index in [-0.39, 0.29) is 23.7 Å². The lowest BCUT2D eigenvalue weighted by atomic mass is 9.77. The third kappa shape index (κ3) is 3.48. The molecule has 2 aromatic carbocycles. The Kier molecular flexibility index (Phi) is 4.92. The third-order valence-electron chi connectivity index (χ3n) is 6.66. The molecule has 150 valence electrons. The zero-order valence-corrected chi connectivity index (χ0v) is 16.6. The van der Waals surface area contributed by atoms with E-state index in [0.717, 1.165) is 42.8 Å². The average Bonchev–Trinajstić information content (AvgIpc) is 3.15. The summed E-state index contributed by atoms with van der Waals surface area (Å²) in [5.74, 6) is -0.0104. The van der Waals surface area contributed by atoms with E-state index in [0.29, 0.717) is 6.54 Å². The second-order valence-electron chi connectivity index (χ2n) is 8.51. The standard InChI is InChI=1S/C24H26FN3O/c25-19-11-8-18(9-12-19)24-21-13-10-17-6-2-3-7-20(17)23(21)26-28(24)22(29)16-27-14-4-1-5-15-27/h2-3,6-9,11-12,21,24H,1,4-5,10,13-16H2/p+1/t21-,24+/m1/s1. The molecule has 2 atom stereocenters. The highest BCUT2D eigenvalue weighted by Gasteiger charge is 2.44. The molecule has 3 aliphatic rings. The molecule has 1 fully saturated rings. The fourth-order valence-electron chi connectivity index (χ4n) is 5.19. The van der Waals surface area contributed by atoms with Gasteiger partial charge in [-0.15, -0.1) is 0 Å². The van der Waals surface area contributed by atoms with Crippen molar-refractivity contribution in [3.05, 3.63) is 71.0 Å². The summed E-state index contributed by atoms with van der Waals surface area (Å²) in [6.45, 7) is 2.61. The molecule has 0 spiro atoms. The van der Waals surface area contributed by atoms with Crippen molar-refractivity contribution in [1.82, 2.24) is 5.01 Å². The fourth-order valence-corrected chi connectivity index (χ4v) is 5.19. The van der Waals surface area contributed by atoms with Crippen LogP contribution in [0.3, 0.4) is 0 Å². The van der Waals surface area contributed by atoms with E-state index in [2.05, 4.69) is 18.2 Å². The van der Waals surface area contributed by atoms with Crippen molar-refractivity contribution >= 4 is 11.6 Å². The number of nitrogens with zero attached hydrogens (tertiary/aromatic N) is 2. The van der Waals surface area contributed by atoms with Gasteiger partial charge in [-0.05, 0) is 55.4 Å². The number of benzene rings is 2. The zero-order valence-electron chi connectivity index (χ0n) is 16.6. The van der Waals surface area contributed by atoms with Gasteiger partial charge < -0.3 is 4.90 Å². The van der Waals surface area contributed by atoms with Gasteiger partial charge in [0, 0.05) is 11.5 Å². The van der Waals surface area contributed by atoms with Gasteiger partial charge in [-0.25, -0.2) is 9.40 Å². The van der Waals surface area contributed by atoms with Crippen LogP contribution >= 0.6 is 0 Å². The van der Waals surface area contributed by atoms with Crippen LogP contribution in [0.4, 0.5) is 4.39 Å². The number of rotatable bonds is 3. The van der Waals surface area contributed by atoms with E-state index < -0.39 is 0 Å². The molecule has 0 unspecified atom stereocenters. The number of hydrazone groups is 1. The van der Waals surface area contributed by atoms with Gasteiger partial charge in [-0.3, -0.25) is 4.79 Å². The average molecular weight is 392 g/mol. The van der Waals surface area contributed by atoms with Crippen LogP contribution in [-0.4, -0.2) is 36.3 Å². The van der Waals surface area contributed by atoms with Crippen molar-refractivity contribution in [2.75, 3.05) is 19.6 Å². The summed E-state index contributed by atoms with van der Waals surface area (Å²) < 4.78 is 13.6. The van der Waals surface area contributed by atoms with Gasteiger partial charge in [0.1, 0.15) is 5.82 Å². The molecule has 29 heavy (non-hydrogen) atoms. The Morgan fingerprint density at radius 1 is 1.07 bits per heavy atom. The van der Waals surface area contributed by atoms with Crippen molar-refractivity contribution in [3.63, 3.8) is 0 Å². The van der Waals surface area contributed by atoms with Crippen molar-refractivity contribution < 1.29 is 14.1 Å². The van der Waals surface area contributed by atoms with Gasteiger partial charge in [0.25, 0.3) is 5.91 Å². The molecular formula is C24H27FN3O+. The number of amides is 1. The number of quaternary nitrogens is 1. The van der Waals surface area contributed by atoms with Crippen LogP contribution in [0.1, 0.15) is 48.4 Å². The van der Waals surface area contributed by atoms with Gasteiger partial charge >= 0.3 is 0 Å². The summed E-state index contributed by atoms with van der Waals surface area (Å²) in [6.07, 6.45) is 5.58. The van der Waals surface area contributed by atoms with E-state index in [4.69, 9.17) is 5.10 Å². The molecule has 0 bridgehead atoms. The first-order valence-corrected chi connectivity index (χ1v) is 10.8. The third-order valence-corrected chi connectivity index (χ3v) is 6.66. The molecule has 0 saturated carbocycles. The molecule has 2 aliphatic heterocycles. The predicted molar refractivity (Wildman–Crippen MR) is 110 cm³/mol. The minimum Gasteiger partial charge on any atom is -0.327 e. The second kappa shape index (κ2) is 7.71. The Bertz CT molecular complexity index is 933. The van der Waals surface area contributed by atoms with Gasteiger partial charge in [0.2, 0.25) is 0 Å². The van der Waals surface area contributed by atoms with Crippen LogP contribution in [0.25, 0.3) is 0 Å². The zero-order chi connectivity index (χ0) is 19.8. The number of carbonyl (C=O) groups is 1. The molecule has 4 nitrogen and oxygen atoms in total. The predicted octanol–water partition coefficient (Wildman–Crippen LogP) is 2.74. The summed E-state index contributed by atoms with van der Waals surface area (Å²) in [6, 6.07) is 14.8. The van der Waals surface area contributed by atoms with Crippen LogP contribution in [-0.2, 0) is 11.2 Å². The van der Waals surface area contributed by atoms with Gasteiger partial charge in [-0.2, -0.15) is 5.10 Å². The van der Waals surface area contributed by atoms with E-state index in [9.17, 15) is 9.18 Å². The lowest BCUT2D eigenvalue weighted by Gasteiger charge is -2.30. The molecule has 2 aromatic rings. The number of hydrogen-bond donors (Lipinski definition) is 1. The molecule has 2 heterocycles. The van der Waals surface area contributed by atoms with Crippen LogP contribution in [0.15, 0.2) is 53.6 Å². The fraction of sp³-hybridized carbons (Fsp3) is 0.417. The maximum atomic E-state index is 13.6. The molecule has 1 aliphatic carbocycles. The van der Waals surface area contributed by atoms with E-state index >= 15 is 0 Å². The Labute approximate surface area is 171 Å². The van der Waals surface area contributed by atoms with Gasteiger partial charge in [0.05, 0.1) is 24.8 Å². The molecule has 1 saturated heterocycles. The molecule has 0 aromatic heterocycles. The lowest BCUT2D eigenvalue weighted by molar-refractivity contribution is -0.897. The highest BCUT2D eigenvalue weighted by atomic mass is 19.1. The highest BCUT2D eigenvalue weighted by Crippen LogP contribution is 2.43. The summed E-state index contributed by atoms with van der Waals surface area (Å²) in [4.78, 5) is 14.7. The number of halogens is 1. The molecule has 1 amide bonds. The number of aryl methyl sites for hydroxylation is 1.